The van der Waals surface area contributed by atoms with Crippen LogP contribution in [0.1, 0.15) is 23.2 Å². The number of pyridine rings is 1. The normalized spacial score (nSPS) is 18.1. The minimum absolute atomic E-state index is 0.0145. The molecule has 0 radical (unpaired) electrons. The van der Waals surface area contributed by atoms with Crippen LogP contribution < -0.4 is 11.1 Å². The third-order valence-electron chi connectivity index (χ3n) is 3.25. The van der Waals surface area contributed by atoms with E-state index in [0.717, 1.165) is 12.3 Å². The first kappa shape index (κ1) is 15.2. The molecule has 0 aliphatic carbocycles. The van der Waals surface area contributed by atoms with E-state index < -0.39 is 20.7 Å². The quantitative estimate of drug-likeness (QED) is 0.584. The third-order valence-corrected chi connectivity index (χ3v) is 4.96. The lowest BCUT2D eigenvalue weighted by molar-refractivity contribution is -0.385. The van der Waals surface area contributed by atoms with Crippen molar-refractivity contribution in [2.45, 2.75) is 18.9 Å². The molecule has 1 saturated heterocycles. The Hall–Kier alpha value is -2.23. The minimum atomic E-state index is -3.02. The molecular formula is C11H14N4O5S. The molecule has 0 aromatic carbocycles. The molecule has 0 atom stereocenters. The fourth-order valence-corrected chi connectivity index (χ4v) is 3.53. The Kier molecular flexibility index (Phi) is 4.07. The number of nitrogen functional groups attached to an aromatic ring is 1. The number of carbonyl (C=O) groups excluding carboxylic acids is 1. The topological polar surface area (TPSA) is 145 Å². The molecule has 1 aromatic rings. The number of anilines is 1. The van der Waals surface area contributed by atoms with Gasteiger partial charge in [-0.1, -0.05) is 0 Å². The van der Waals surface area contributed by atoms with E-state index in [9.17, 15) is 23.3 Å². The van der Waals surface area contributed by atoms with Crippen LogP contribution in [-0.2, 0) is 9.84 Å². The second kappa shape index (κ2) is 5.64. The number of rotatable bonds is 3. The maximum absolute atomic E-state index is 12.1. The van der Waals surface area contributed by atoms with Crippen molar-refractivity contribution < 1.29 is 18.1 Å². The van der Waals surface area contributed by atoms with Crippen LogP contribution in [0.3, 0.4) is 0 Å². The number of sulfone groups is 1. The molecule has 0 saturated carbocycles. The van der Waals surface area contributed by atoms with Gasteiger partial charge in [-0.15, -0.1) is 0 Å². The lowest BCUT2D eigenvalue weighted by Gasteiger charge is -2.23. The van der Waals surface area contributed by atoms with Crippen molar-refractivity contribution in [3.63, 3.8) is 0 Å². The van der Waals surface area contributed by atoms with E-state index in [-0.39, 0.29) is 34.6 Å². The fourth-order valence-electron chi connectivity index (χ4n) is 2.04. The maximum Gasteiger partial charge on any atom is 0.288 e. The van der Waals surface area contributed by atoms with E-state index in [2.05, 4.69) is 10.3 Å². The summed E-state index contributed by atoms with van der Waals surface area (Å²) in [6.07, 6.45) is 1.60. The van der Waals surface area contributed by atoms with Crippen LogP contribution in [0, 0.1) is 10.1 Å². The van der Waals surface area contributed by atoms with Crippen LogP contribution in [-0.4, -0.2) is 41.8 Å². The van der Waals surface area contributed by atoms with Gasteiger partial charge in [0.1, 0.15) is 21.9 Å². The Morgan fingerprint density at radius 2 is 2.05 bits per heavy atom. The number of hydrogen-bond acceptors (Lipinski definition) is 7. The van der Waals surface area contributed by atoms with Gasteiger partial charge in [0.25, 0.3) is 11.6 Å². The smallest absolute Gasteiger partial charge is 0.288 e. The van der Waals surface area contributed by atoms with Crippen LogP contribution in [0.4, 0.5) is 11.5 Å². The van der Waals surface area contributed by atoms with E-state index >= 15 is 0 Å². The zero-order valence-corrected chi connectivity index (χ0v) is 11.8. The van der Waals surface area contributed by atoms with Crippen molar-refractivity contribution in [2.75, 3.05) is 17.2 Å². The summed E-state index contributed by atoms with van der Waals surface area (Å²) in [7, 11) is -3.02. The van der Waals surface area contributed by atoms with Gasteiger partial charge in [-0.05, 0) is 12.8 Å². The Balaban J connectivity index is 2.10. The molecule has 114 valence electrons. The van der Waals surface area contributed by atoms with E-state index in [1.165, 1.54) is 0 Å². The zero-order chi connectivity index (χ0) is 15.6. The van der Waals surface area contributed by atoms with Crippen molar-refractivity contribution in [3.8, 4) is 0 Å². The molecule has 0 spiro atoms. The molecule has 1 aliphatic rings. The molecule has 9 nitrogen and oxygen atoms in total. The summed E-state index contributed by atoms with van der Waals surface area (Å²) < 4.78 is 22.6. The zero-order valence-electron chi connectivity index (χ0n) is 11.0. The first-order chi connectivity index (χ1) is 9.78. The lowest BCUT2D eigenvalue weighted by Crippen LogP contribution is -2.41. The summed E-state index contributed by atoms with van der Waals surface area (Å²) in [6, 6.07) is 0.761. The van der Waals surface area contributed by atoms with Crippen molar-refractivity contribution in [1.82, 2.24) is 10.3 Å². The highest BCUT2D eigenvalue weighted by molar-refractivity contribution is 7.91. The van der Waals surface area contributed by atoms with Gasteiger partial charge in [-0.2, -0.15) is 0 Å². The number of nitrogens with two attached hydrogens (primary N) is 1. The second-order valence-corrected chi connectivity index (χ2v) is 7.09. The Morgan fingerprint density at radius 1 is 1.43 bits per heavy atom. The number of carbonyl (C=O) groups is 1. The monoisotopic (exact) mass is 314 g/mol. The highest BCUT2D eigenvalue weighted by Crippen LogP contribution is 2.18. The number of amides is 1. The average molecular weight is 314 g/mol. The van der Waals surface area contributed by atoms with Gasteiger partial charge in [0.05, 0.1) is 22.0 Å². The van der Waals surface area contributed by atoms with E-state index in [1.807, 2.05) is 0 Å². The van der Waals surface area contributed by atoms with Crippen LogP contribution in [0.15, 0.2) is 12.3 Å². The van der Waals surface area contributed by atoms with Crippen LogP contribution in [0.25, 0.3) is 0 Å². The number of hydrogen-bond donors (Lipinski definition) is 2. The summed E-state index contributed by atoms with van der Waals surface area (Å²) in [5, 5.41) is 13.3. The molecule has 3 N–H and O–H groups in total. The molecule has 0 bridgehead atoms. The molecular weight excluding hydrogens is 300 g/mol. The van der Waals surface area contributed by atoms with Gasteiger partial charge in [-0.3, -0.25) is 14.9 Å². The van der Waals surface area contributed by atoms with Crippen molar-refractivity contribution in [2.24, 2.45) is 0 Å². The number of aromatic nitrogens is 1. The van der Waals surface area contributed by atoms with Gasteiger partial charge in [0.2, 0.25) is 0 Å². The van der Waals surface area contributed by atoms with Crippen molar-refractivity contribution in [1.29, 1.82) is 0 Å². The van der Waals surface area contributed by atoms with Gasteiger partial charge >= 0.3 is 0 Å². The molecule has 21 heavy (non-hydrogen) atoms. The number of nitro groups is 1. The standard InChI is InChI=1S/C11H14N4O5S/c12-10-9(5-8(6-13-10)15(17)18)11(16)14-7-1-3-21(19,20)4-2-7/h5-7H,1-4H2,(H2,12,13)(H,14,16). The molecule has 1 aliphatic heterocycles. The van der Waals surface area contributed by atoms with Crippen LogP contribution >= 0.6 is 0 Å². The largest absolute Gasteiger partial charge is 0.383 e. The van der Waals surface area contributed by atoms with Crippen molar-refractivity contribution >= 4 is 27.2 Å². The predicted octanol–water partition coefficient (Wildman–Crippen LogP) is -0.121. The highest BCUT2D eigenvalue weighted by Gasteiger charge is 2.26. The van der Waals surface area contributed by atoms with Crippen LogP contribution in [0.2, 0.25) is 0 Å². The van der Waals surface area contributed by atoms with Crippen molar-refractivity contribution in [3.05, 3.63) is 27.9 Å². The summed E-state index contributed by atoms with van der Waals surface area (Å²) in [4.78, 5) is 25.7. The van der Waals surface area contributed by atoms with Crippen LogP contribution in [0.5, 0.6) is 0 Å². The second-order valence-electron chi connectivity index (χ2n) is 4.78. The van der Waals surface area contributed by atoms with E-state index in [0.29, 0.717) is 12.8 Å². The Morgan fingerprint density at radius 3 is 2.62 bits per heavy atom. The summed E-state index contributed by atoms with van der Waals surface area (Å²) in [5.74, 6) is -0.671. The highest BCUT2D eigenvalue weighted by atomic mass is 32.2. The minimum Gasteiger partial charge on any atom is -0.383 e. The molecule has 1 amide bonds. The fraction of sp³-hybridized carbons (Fsp3) is 0.455. The summed E-state index contributed by atoms with van der Waals surface area (Å²) in [6.45, 7) is 0. The predicted molar refractivity (Wildman–Crippen MR) is 74.4 cm³/mol. The number of nitrogens with one attached hydrogen (secondary N) is 1. The summed E-state index contributed by atoms with van der Waals surface area (Å²) >= 11 is 0. The lowest BCUT2D eigenvalue weighted by atomic mass is 10.1. The van der Waals surface area contributed by atoms with E-state index in [4.69, 9.17) is 5.73 Å². The molecule has 10 heteroatoms. The first-order valence-electron chi connectivity index (χ1n) is 6.20. The Labute approximate surface area is 120 Å². The number of nitrogens with zero attached hydrogens (tertiary/aromatic N) is 2. The van der Waals surface area contributed by atoms with Gasteiger partial charge in [0.15, 0.2) is 0 Å². The molecule has 2 rings (SSSR count). The van der Waals surface area contributed by atoms with Gasteiger partial charge in [-0.25, -0.2) is 13.4 Å². The Bertz CT molecular complexity index is 674. The van der Waals surface area contributed by atoms with Gasteiger partial charge < -0.3 is 11.1 Å². The first-order valence-corrected chi connectivity index (χ1v) is 8.02. The molecule has 1 fully saturated rings. The SMILES string of the molecule is Nc1ncc([N+](=O)[O-])cc1C(=O)NC1CCS(=O)(=O)CC1. The maximum atomic E-state index is 12.1. The van der Waals surface area contributed by atoms with Gasteiger partial charge in [0, 0.05) is 12.1 Å². The average Bonchev–Trinajstić information content (AvgIpc) is 2.41. The molecule has 1 aromatic heterocycles. The molecule has 0 unspecified atom stereocenters. The summed E-state index contributed by atoms with van der Waals surface area (Å²) in [5.41, 5.74) is 5.13. The van der Waals surface area contributed by atoms with E-state index in [1.54, 1.807) is 0 Å². The molecule has 2 heterocycles. The third kappa shape index (κ3) is 3.66.